The Hall–Kier alpha value is -1.94. The molecule has 6 rings (SSSR count). The summed E-state index contributed by atoms with van der Waals surface area (Å²) in [6.07, 6.45) is 11.3. The number of aliphatic hydroxyl groups is 1. The molecule has 1 heterocycles. The van der Waals surface area contributed by atoms with E-state index in [4.69, 9.17) is 0 Å². The second-order valence-electron chi connectivity index (χ2n) is 15.3. The van der Waals surface area contributed by atoms with Gasteiger partial charge in [-0.3, -0.25) is 9.78 Å². The minimum atomic E-state index is -0.326. The number of nitrogens with one attached hydrogen (secondary N) is 1. The summed E-state index contributed by atoms with van der Waals surface area (Å²) in [7, 11) is 0. The van der Waals surface area contributed by atoms with Gasteiger partial charge in [-0.05, 0) is 120 Å². The molecule has 0 aliphatic heterocycles. The van der Waals surface area contributed by atoms with Gasteiger partial charge in [0.05, 0.1) is 23.0 Å². The van der Waals surface area contributed by atoms with E-state index in [0.717, 1.165) is 42.6 Å². The Balaban J connectivity index is 0.00000165. The predicted octanol–water partition coefficient (Wildman–Crippen LogP) is 8.37. The Morgan fingerprint density at radius 1 is 0.976 bits per heavy atom. The van der Waals surface area contributed by atoms with Crippen molar-refractivity contribution in [3.05, 3.63) is 47.8 Å². The molecule has 8 atom stereocenters. The number of allylic oxidation sites excluding steroid dienone is 1. The molecule has 4 heteroatoms. The van der Waals surface area contributed by atoms with Crippen LogP contribution in [0.4, 0.5) is 0 Å². The van der Waals surface area contributed by atoms with Gasteiger partial charge in [0.1, 0.15) is 0 Å². The lowest BCUT2D eigenvalue weighted by molar-refractivity contribution is -0.202. The number of fused-ring (bicyclic) bond motifs is 7. The third kappa shape index (κ3) is 4.48. The lowest BCUT2D eigenvalue weighted by Crippen LogP contribution is -2.63. The number of ketones is 1. The zero-order valence-corrected chi connectivity index (χ0v) is 27.1. The zero-order chi connectivity index (χ0) is 30.0. The van der Waals surface area contributed by atoms with Crippen molar-refractivity contribution < 1.29 is 9.90 Å². The Labute approximate surface area is 249 Å². The Morgan fingerprint density at radius 2 is 1.68 bits per heavy atom. The average Bonchev–Trinajstić information content (AvgIpc) is 3.24. The minimum Gasteiger partial charge on any atom is -0.393 e. The molecule has 0 amide bonds. The quantitative estimate of drug-likeness (QED) is 0.388. The topological polar surface area (TPSA) is 62.2 Å². The predicted molar refractivity (Wildman–Crippen MR) is 169 cm³/mol. The van der Waals surface area contributed by atoms with Gasteiger partial charge in [-0.1, -0.05) is 68.0 Å². The van der Waals surface area contributed by atoms with Gasteiger partial charge < -0.3 is 10.4 Å². The third-order valence-electron chi connectivity index (χ3n) is 12.9. The number of aromatic nitrogens is 1. The van der Waals surface area contributed by atoms with E-state index in [-0.39, 0.29) is 33.8 Å². The van der Waals surface area contributed by atoms with Gasteiger partial charge in [0, 0.05) is 12.6 Å². The Morgan fingerprint density at radius 3 is 2.34 bits per heavy atom. The molecule has 0 bridgehead atoms. The molecule has 1 aromatic rings. The molecule has 4 fully saturated rings. The van der Waals surface area contributed by atoms with Crippen molar-refractivity contribution in [1.82, 2.24) is 10.3 Å². The minimum absolute atomic E-state index is 0.0200. The fourth-order valence-electron chi connectivity index (χ4n) is 11.3. The summed E-state index contributed by atoms with van der Waals surface area (Å²) in [5.74, 6) is 2.89. The molecule has 0 saturated heterocycles. The number of rotatable bonds is 4. The first-order valence-corrected chi connectivity index (χ1v) is 16.7. The maximum atomic E-state index is 13.7. The average molecular weight is 561 g/mol. The van der Waals surface area contributed by atoms with Crippen LogP contribution < -0.4 is 5.32 Å². The van der Waals surface area contributed by atoms with E-state index < -0.39 is 0 Å². The molecule has 0 aromatic carbocycles. The van der Waals surface area contributed by atoms with Crippen molar-refractivity contribution in [2.24, 2.45) is 45.8 Å². The summed E-state index contributed by atoms with van der Waals surface area (Å²) in [5.41, 5.74) is 4.45. The van der Waals surface area contributed by atoms with E-state index in [1.807, 2.05) is 38.2 Å². The summed E-state index contributed by atoms with van der Waals surface area (Å²) in [4.78, 5) is 18.3. The highest BCUT2D eigenvalue weighted by molar-refractivity contribution is 6.01. The van der Waals surface area contributed by atoms with E-state index in [1.54, 1.807) is 0 Å². The van der Waals surface area contributed by atoms with Crippen LogP contribution in [0.2, 0.25) is 0 Å². The summed E-state index contributed by atoms with van der Waals surface area (Å²) >= 11 is 0. The van der Waals surface area contributed by atoms with Crippen molar-refractivity contribution in [2.75, 3.05) is 0 Å². The third-order valence-corrected chi connectivity index (χ3v) is 12.9. The van der Waals surface area contributed by atoms with Crippen LogP contribution in [0.25, 0.3) is 5.70 Å². The molecular formula is C37H56N2O2. The lowest BCUT2D eigenvalue weighted by Gasteiger charge is -2.68. The van der Waals surface area contributed by atoms with E-state index in [9.17, 15) is 9.90 Å². The zero-order valence-electron chi connectivity index (χ0n) is 27.1. The largest absolute Gasteiger partial charge is 0.393 e. The van der Waals surface area contributed by atoms with Gasteiger partial charge in [0.15, 0.2) is 5.78 Å². The number of pyridine rings is 1. The van der Waals surface area contributed by atoms with Gasteiger partial charge in [-0.25, -0.2) is 0 Å². The van der Waals surface area contributed by atoms with E-state index in [2.05, 4.69) is 58.4 Å². The molecule has 8 unspecified atom stereocenters. The monoisotopic (exact) mass is 560 g/mol. The van der Waals surface area contributed by atoms with Crippen LogP contribution in [-0.2, 0) is 4.79 Å². The van der Waals surface area contributed by atoms with Crippen molar-refractivity contribution in [3.63, 3.8) is 0 Å². The van der Waals surface area contributed by atoms with Crippen LogP contribution in [0, 0.1) is 45.8 Å². The van der Waals surface area contributed by atoms with Crippen molar-refractivity contribution in [2.45, 2.75) is 125 Å². The number of carbonyl (C=O) groups is 1. The van der Waals surface area contributed by atoms with Crippen molar-refractivity contribution >= 4 is 11.5 Å². The van der Waals surface area contributed by atoms with Gasteiger partial charge in [0.2, 0.25) is 0 Å². The smallest absolute Gasteiger partial charge is 0.161 e. The summed E-state index contributed by atoms with van der Waals surface area (Å²) in [5, 5.41) is 14.8. The van der Waals surface area contributed by atoms with Gasteiger partial charge in [-0.15, -0.1) is 0 Å². The number of Topliss-reactive ketones (excluding diaryl/α,β-unsaturated/α-hetero) is 1. The molecule has 2 N–H and O–H groups in total. The first kappa shape index (κ1) is 30.5. The maximum Gasteiger partial charge on any atom is 0.161 e. The summed E-state index contributed by atoms with van der Waals surface area (Å²) < 4.78 is 0. The van der Waals surface area contributed by atoms with Crippen LogP contribution in [0.3, 0.4) is 0 Å². The van der Waals surface area contributed by atoms with Gasteiger partial charge >= 0.3 is 0 Å². The molecule has 0 spiro atoms. The first-order chi connectivity index (χ1) is 19.3. The van der Waals surface area contributed by atoms with Gasteiger partial charge in [-0.2, -0.15) is 0 Å². The molecule has 4 saturated carbocycles. The normalized spacial score (nSPS) is 40.9. The second-order valence-corrected chi connectivity index (χ2v) is 15.3. The summed E-state index contributed by atoms with van der Waals surface area (Å²) in [6, 6.07) is 5.95. The standard InChI is InChI=1S/C35H50N2O2.C2H6/c1-21(2)30-26(38)20-35(37-22(3)25-10-8-9-19-36-25)18-13-24-23(31(30)35)11-12-28-33(24,6)16-14-27-32(4,5)29(39)15-17-34(27,28)7;1-2/h8-10,19,21,23-24,27-29,37,39H,3,11-18,20H2,1-2,4-7H3;1-2H3. The Bertz CT molecular complexity index is 1200. The number of hydrogen-bond acceptors (Lipinski definition) is 4. The molecule has 0 radical (unpaired) electrons. The van der Waals surface area contributed by atoms with E-state index in [1.165, 1.54) is 31.3 Å². The van der Waals surface area contributed by atoms with Crippen LogP contribution in [0.15, 0.2) is 42.1 Å². The van der Waals surface area contributed by atoms with Crippen LogP contribution in [-0.4, -0.2) is 27.5 Å². The second kappa shape index (κ2) is 10.6. The number of carbonyl (C=O) groups excluding carboxylic acids is 1. The van der Waals surface area contributed by atoms with E-state index in [0.29, 0.717) is 35.9 Å². The number of hydrogen-bond donors (Lipinski definition) is 2. The maximum absolute atomic E-state index is 13.7. The molecule has 4 nitrogen and oxygen atoms in total. The highest BCUT2D eigenvalue weighted by Gasteiger charge is 2.66. The highest BCUT2D eigenvalue weighted by Crippen LogP contribution is 2.72. The first-order valence-electron chi connectivity index (χ1n) is 16.7. The van der Waals surface area contributed by atoms with E-state index >= 15 is 0 Å². The fraction of sp³-hybridized carbons (Fsp3) is 0.730. The molecule has 1 aromatic heterocycles. The van der Waals surface area contributed by atoms with Crippen molar-refractivity contribution in [3.8, 4) is 0 Å². The Kier molecular flexibility index (Phi) is 7.93. The lowest BCUT2D eigenvalue weighted by atomic mass is 9.37. The number of aliphatic hydroxyl groups excluding tert-OH is 1. The van der Waals surface area contributed by atoms with Crippen LogP contribution in [0.5, 0.6) is 0 Å². The van der Waals surface area contributed by atoms with Crippen molar-refractivity contribution in [1.29, 1.82) is 0 Å². The molecule has 226 valence electrons. The fourth-order valence-corrected chi connectivity index (χ4v) is 11.3. The molecular weight excluding hydrogens is 504 g/mol. The molecule has 41 heavy (non-hydrogen) atoms. The summed E-state index contributed by atoms with van der Waals surface area (Å²) in [6.45, 7) is 22.7. The van der Waals surface area contributed by atoms with Gasteiger partial charge in [0.25, 0.3) is 0 Å². The highest BCUT2D eigenvalue weighted by atomic mass is 16.3. The molecule has 5 aliphatic rings. The SMILES string of the molecule is C=C(NC12CCC3C(CCC4C3(C)CCC3C(C)(C)C(O)CCC34C)C1=C(C(C)C)C(=O)C2)c1ccccn1.CC. The number of nitrogens with zero attached hydrogens (tertiary/aromatic N) is 1. The molecule has 5 aliphatic carbocycles. The van der Waals surface area contributed by atoms with Crippen LogP contribution in [0.1, 0.15) is 119 Å². The van der Waals surface area contributed by atoms with Crippen LogP contribution >= 0.6 is 0 Å².